The molecule has 1 fully saturated rings. The van der Waals surface area contributed by atoms with Crippen LogP contribution in [0, 0.1) is 23.5 Å². The number of benzene rings is 2. The molecule has 13 heteroatoms. The fourth-order valence-electron chi connectivity index (χ4n) is 5.37. The summed E-state index contributed by atoms with van der Waals surface area (Å²) in [5, 5.41) is 14.6. The van der Waals surface area contributed by atoms with Gasteiger partial charge in [0.2, 0.25) is 5.88 Å². The number of fused-ring (bicyclic) bond motifs is 3. The normalized spacial score (nSPS) is 21.5. The van der Waals surface area contributed by atoms with E-state index in [2.05, 4.69) is 21.0 Å². The van der Waals surface area contributed by atoms with Crippen molar-refractivity contribution in [1.29, 1.82) is 0 Å². The number of hydrazone groups is 1. The van der Waals surface area contributed by atoms with Crippen molar-refractivity contribution in [3.05, 3.63) is 82.0 Å². The number of amidine groups is 1. The SMILES string of the molecule is CN1NN=C(c2ccc(-c3cc(COc4cc5c(cn4)C4C(C5)C4C(=O)O)c(F)cc3C(F)(F)F)c(F)c2)N1. The largest absolute Gasteiger partial charge is 0.481 e. The summed E-state index contributed by atoms with van der Waals surface area (Å²) >= 11 is 0. The molecular formula is C26H20F5N5O3. The Morgan fingerprint density at radius 2 is 1.95 bits per heavy atom. The van der Waals surface area contributed by atoms with Gasteiger partial charge in [-0.05, 0) is 47.2 Å². The number of ether oxygens (including phenoxy) is 1. The predicted molar refractivity (Wildman–Crippen MR) is 127 cm³/mol. The molecule has 39 heavy (non-hydrogen) atoms. The number of aliphatic carboxylic acids is 1. The van der Waals surface area contributed by atoms with E-state index in [1.54, 1.807) is 13.1 Å². The van der Waals surface area contributed by atoms with E-state index in [-0.39, 0.29) is 34.7 Å². The molecular weight excluding hydrogens is 525 g/mol. The van der Waals surface area contributed by atoms with Gasteiger partial charge < -0.3 is 9.84 Å². The maximum Gasteiger partial charge on any atom is 0.417 e. The molecule has 0 saturated heterocycles. The highest BCUT2D eigenvalue weighted by molar-refractivity contribution is 5.99. The van der Waals surface area contributed by atoms with Crippen molar-refractivity contribution >= 4 is 11.8 Å². The molecule has 1 aromatic heterocycles. The van der Waals surface area contributed by atoms with E-state index in [4.69, 9.17) is 4.74 Å². The van der Waals surface area contributed by atoms with Gasteiger partial charge in [-0.3, -0.25) is 10.2 Å². The molecule has 0 radical (unpaired) electrons. The lowest BCUT2D eigenvalue weighted by atomic mass is 9.95. The van der Waals surface area contributed by atoms with E-state index in [9.17, 15) is 27.5 Å². The number of hydrazine groups is 2. The molecule has 0 amide bonds. The Kier molecular flexibility index (Phi) is 5.72. The first kappa shape index (κ1) is 25.0. The molecule has 3 N–H and O–H groups in total. The topological polar surface area (TPSA) is 99.1 Å². The van der Waals surface area contributed by atoms with E-state index in [0.29, 0.717) is 18.1 Å². The molecule has 2 aliphatic carbocycles. The minimum Gasteiger partial charge on any atom is -0.481 e. The van der Waals surface area contributed by atoms with Crippen LogP contribution in [0.4, 0.5) is 22.0 Å². The van der Waals surface area contributed by atoms with E-state index >= 15 is 4.39 Å². The van der Waals surface area contributed by atoms with Gasteiger partial charge in [-0.15, -0.1) is 10.2 Å². The van der Waals surface area contributed by atoms with Crippen LogP contribution in [0.3, 0.4) is 0 Å². The number of aromatic nitrogens is 1. The van der Waals surface area contributed by atoms with Crippen molar-refractivity contribution in [2.45, 2.75) is 25.1 Å². The highest BCUT2D eigenvalue weighted by Crippen LogP contribution is 2.61. The van der Waals surface area contributed by atoms with E-state index in [1.165, 1.54) is 23.4 Å². The first-order valence-electron chi connectivity index (χ1n) is 11.9. The summed E-state index contributed by atoms with van der Waals surface area (Å²) in [6.07, 6.45) is -2.86. The number of rotatable bonds is 6. The number of pyridine rings is 1. The second kappa shape index (κ2) is 8.90. The summed E-state index contributed by atoms with van der Waals surface area (Å²) in [5.74, 6) is -3.04. The van der Waals surface area contributed by atoms with Gasteiger partial charge in [-0.1, -0.05) is 12.1 Å². The van der Waals surface area contributed by atoms with Crippen LogP contribution < -0.4 is 15.7 Å². The molecule has 6 rings (SSSR count). The zero-order valence-electron chi connectivity index (χ0n) is 20.2. The van der Waals surface area contributed by atoms with E-state index in [1.807, 2.05) is 0 Å². The molecule has 8 nitrogen and oxygen atoms in total. The van der Waals surface area contributed by atoms with Gasteiger partial charge in [0, 0.05) is 41.9 Å². The lowest BCUT2D eigenvalue weighted by molar-refractivity contribution is -0.139. The minimum absolute atomic E-state index is 0.0134. The fourth-order valence-corrected chi connectivity index (χ4v) is 5.37. The van der Waals surface area contributed by atoms with Crippen LogP contribution in [-0.2, 0) is 24.0 Å². The smallest absolute Gasteiger partial charge is 0.417 e. The Morgan fingerprint density at radius 1 is 1.15 bits per heavy atom. The zero-order chi connectivity index (χ0) is 27.6. The van der Waals surface area contributed by atoms with Crippen molar-refractivity contribution in [3.63, 3.8) is 0 Å². The quantitative estimate of drug-likeness (QED) is 0.399. The zero-order valence-corrected chi connectivity index (χ0v) is 20.2. The average molecular weight is 545 g/mol. The Balaban J connectivity index is 1.27. The standard InChI is InChI=1S/C26H20F5N5O3/c1-36-34-24(33-35-36)11-2-3-14(20(28)6-11)15-5-13(19(27)8-18(15)26(29,30)31)10-39-21-7-12-4-16-22(17(12)9-32-21)23(16)25(37)38/h2-3,5-9,16,22-23,35H,4,10H2,1H3,(H,33,34)(H,37,38). The molecule has 2 aromatic carbocycles. The third-order valence-corrected chi connectivity index (χ3v) is 7.25. The number of alkyl halides is 3. The summed E-state index contributed by atoms with van der Waals surface area (Å²) in [4.78, 5) is 15.4. The molecule has 3 atom stereocenters. The summed E-state index contributed by atoms with van der Waals surface area (Å²) in [7, 11) is 1.62. The second-order valence-electron chi connectivity index (χ2n) is 9.68. The van der Waals surface area contributed by atoms with Gasteiger partial charge in [0.05, 0.1) is 11.5 Å². The molecule has 2 heterocycles. The number of nitrogens with zero attached hydrogens (tertiary/aromatic N) is 3. The summed E-state index contributed by atoms with van der Waals surface area (Å²) in [6, 6.07) is 6.51. The van der Waals surface area contributed by atoms with E-state index < -0.39 is 47.4 Å². The fraction of sp³-hybridized carbons (Fsp3) is 0.269. The van der Waals surface area contributed by atoms with Crippen molar-refractivity contribution in [2.75, 3.05) is 7.05 Å². The number of hydrogen-bond donors (Lipinski definition) is 3. The summed E-state index contributed by atoms with van der Waals surface area (Å²) < 4.78 is 77.0. The van der Waals surface area contributed by atoms with Gasteiger partial charge in [-0.25, -0.2) is 19.3 Å². The molecule has 1 saturated carbocycles. The highest BCUT2D eigenvalue weighted by Gasteiger charge is 2.60. The minimum atomic E-state index is -4.94. The Labute approximate surface area is 218 Å². The molecule has 3 unspecified atom stereocenters. The Bertz CT molecular complexity index is 1540. The maximum absolute atomic E-state index is 15.1. The van der Waals surface area contributed by atoms with Crippen LogP contribution in [0.5, 0.6) is 5.88 Å². The molecule has 202 valence electrons. The number of nitrogens with one attached hydrogen (secondary N) is 2. The monoisotopic (exact) mass is 545 g/mol. The van der Waals surface area contributed by atoms with Gasteiger partial charge in [0.15, 0.2) is 5.84 Å². The number of hydrogen-bond acceptors (Lipinski definition) is 7. The Morgan fingerprint density at radius 3 is 2.62 bits per heavy atom. The number of carbonyl (C=O) groups is 1. The third kappa shape index (κ3) is 4.42. The molecule has 0 spiro atoms. The van der Waals surface area contributed by atoms with Gasteiger partial charge in [0.25, 0.3) is 0 Å². The van der Waals surface area contributed by atoms with Gasteiger partial charge >= 0.3 is 12.1 Å². The molecule has 3 aliphatic rings. The van der Waals surface area contributed by atoms with Crippen LogP contribution in [0.25, 0.3) is 11.1 Å². The first-order chi connectivity index (χ1) is 18.5. The van der Waals surface area contributed by atoms with Gasteiger partial charge in [0.1, 0.15) is 18.2 Å². The first-order valence-corrected chi connectivity index (χ1v) is 11.9. The van der Waals surface area contributed by atoms with E-state index in [0.717, 1.165) is 23.3 Å². The summed E-state index contributed by atoms with van der Waals surface area (Å²) in [6.45, 7) is -0.453. The van der Waals surface area contributed by atoms with Crippen molar-refractivity contribution in [2.24, 2.45) is 16.9 Å². The molecule has 1 aliphatic heterocycles. The number of carboxylic acid groups (broad SMARTS) is 1. The van der Waals surface area contributed by atoms with Crippen LogP contribution >= 0.6 is 0 Å². The molecule has 3 aromatic rings. The third-order valence-electron chi connectivity index (χ3n) is 7.25. The van der Waals surface area contributed by atoms with Crippen molar-refractivity contribution < 1.29 is 36.6 Å². The van der Waals surface area contributed by atoms with Crippen LogP contribution in [-0.4, -0.2) is 34.1 Å². The lowest BCUT2D eigenvalue weighted by Crippen LogP contribution is -2.37. The maximum atomic E-state index is 15.1. The highest BCUT2D eigenvalue weighted by atomic mass is 19.4. The second-order valence-corrected chi connectivity index (χ2v) is 9.68. The lowest BCUT2D eigenvalue weighted by Gasteiger charge is -2.17. The predicted octanol–water partition coefficient (Wildman–Crippen LogP) is 4.21. The van der Waals surface area contributed by atoms with Crippen LogP contribution in [0.1, 0.15) is 33.7 Å². The Hall–Kier alpha value is -4.26. The van der Waals surface area contributed by atoms with Crippen LogP contribution in [0.15, 0.2) is 47.7 Å². The average Bonchev–Trinajstić information content (AvgIpc) is 3.20. The van der Waals surface area contributed by atoms with Gasteiger partial charge in [-0.2, -0.15) is 13.2 Å². The van der Waals surface area contributed by atoms with Crippen molar-refractivity contribution in [3.8, 4) is 17.0 Å². The number of carboxylic acids is 1. The molecule has 0 bridgehead atoms. The van der Waals surface area contributed by atoms with Crippen molar-refractivity contribution in [1.82, 2.24) is 21.1 Å². The summed E-state index contributed by atoms with van der Waals surface area (Å²) in [5.41, 5.74) is 4.95. The number of halogens is 5. The van der Waals surface area contributed by atoms with Crippen LogP contribution in [0.2, 0.25) is 0 Å².